The second kappa shape index (κ2) is 9.61. The van der Waals surface area contributed by atoms with E-state index in [2.05, 4.69) is 0 Å². The molecule has 0 bridgehead atoms. The summed E-state index contributed by atoms with van der Waals surface area (Å²) in [5.41, 5.74) is 8.66. The van der Waals surface area contributed by atoms with E-state index in [0.717, 1.165) is 12.1 Å². The molecule has 0 atom stereocenters. The third-order valence-electron chi connectivity index (χ3n) is 5.43. The number of ether oxygens (including phenoxy) is 2. The van der Waals surface area contributed by atoms with E-state index in [1.54, 1.807) is 36.4 Å². The Labute approximate surface area is 208 Å². The molecule has 192 valence electrons. The van der Waals surface area contributed by atoms with Crippen LogP contribution in [0, 0.1) is 0 Å². The minimum Gasteiger partial charge on any atom is -0.444 e. The normalized spacial score (nSPS) is 12.3. The molecule has 37 heavy (non-hydrogen) atoms. The molecular weight excluding hydrogens is 498 g/mol. The zero-order chi connectivity index (χ0) is 26.8. The number of nitrogen functional groups attached to an aromatic ring is 2. The number of nitrogens with two attached hydrogens (primary N) is 2. The second-order valence-electron chi connectivity index (χ2n) is 8.06. The van der Waals surface area contributed by atoms with E-state index < -0.39 is 40.8 Å². The van der Waals surface area contributed by atoms with Crippen LogP contribution in [0.25, 0.3) is 0 Å². The van der Waals surface area contributed by atoms with Crippen LogP contribution in [0.2, 0.25) is 0 Å². The summed E-state index contributed by atoms with van der Waals surface area (Å²) in [4.78, 5) is 0. The second-order valence-corrected chi connectivity index (χ2v) is 8.06. The maximum absolute atomic E-state index is 14.0. The highest BCUT2D eigenvalue weighted by Gasteiger charge is 2.45. The van der Waals surface area contributed by atoms with Crippen LogP contribution in [0.15, 0.2) is 97.1 Å². The third-order valence-corrected chi connectivity index (χ3v) is 5.43. The molecule has 0 unspecified atom stereocenters. The van der Waals surface area contributed by atoms with Crippen molar-refractivity contribution >= 4 is 11.4 Å². The van der Waals surface area contributed by atoms with Gasteiger partial charge < -0.3 is 20.9 Å². The van der Waals surface area contributed by atoms with E-state index in [9.17, 15) is 26.3 Å². The summed E-state index contributed by atoms with van der Waals surface area (Å²) in [6, 6.07) is 21.1. The average molecular weight is 518 g/mol. The minimum atomic E-state index is -4.89. The summed E-state index contributed by atoms with van der Waals surface area (Å²) in [6.07, 6.45) is -9.77. The summed E-state index contributed by atoms with van der Waals surface area (Å²) in [7, 11) is 0. The molecule has 0 aliphatic rings. The van der Waals surface area contributed by atoms with Crippen molar-refractivity contribution in [3.63, 3.8) is 0 Å². The molecule has 0 saturated heterocycles. The van der Waals surface area contributed by atoms with Crippen LogP contribution in [-0.4, -0.2) is 0 Å². The quantitative estimate of drug-likeness (QED) is 0.160. The predicted molar refractivity (Wildman–Crippen MR) is 127 cm³/mol. The molecule has 0 aliphatic carbocycles. The molecule has 4 aromatic carbocycles. The molecule has 0 amide bonds. The number of anilines is 2. The molecule has 4 rings (SSSR count). The highest BCUT2D eigenvalue weighted by atomic mass is 19.4. The molecule has 4 N–H and O–H groups in total. The molecule has 0 aromatic heterocycles. The Hall–Kier alpha value is -4.34. The molecule has 0 heterocycles. The lowest BCUT2D eigenvalue weighted by molar-refractivity contribution is -0.148. The fraction of sp³-hybridized carbons (Fsp3) is 0.111. The van der Waals surface area contributed by atoms with Crippen molar-refractivity contribution in [1.29, 1.82) is 0 Å². The Balaban J connectivity index is 2.02. The average Bonchev–Trinajstić information content (AvgIpc) is 2.85. The number of alkyl halides is 6. The van der Waals surface area contributed by atoms with Gasteiger partial charge in [-0.15, -0.1) is 0 Å². The lowest BCUT2D eigenvalue weighted by atomic mass is 9.96. The van der Waals surface area contributed by atoms with Gasteiger partial charge in [-0.25, -0.2) is 0 Å². The van der Waals surface area contributed by atoms with E-state index in [4.69, 9.17) is 20.9 Å². The monoisotopic (exact) mass is 518 g/mol. The van der Waals surface area contributed by atoms with Crippen molar-refractivity contribution in [3.8, 4) is 11.5 Å². The van der Waals surface area contributed by atoms with Gasteiger partial charge in [-0.05, 0) is 36.4 Å². The minimum absolute atomic E-state index is 0.135. The molecule has 4 aromatic rings. The van der Waals surface area contributed by atoms with Crippen LogP contribution in [-0.2, 0) is 18.1 Å². The van der Waals surface area contributed by atoms with E-state index in [-0.39, 0.29) is 22.5 Å². The van der Waals surface area contributed by atoms with Gasteiger partial charge in [-0.3, -0.25) is 0 Å². The lowest BCUT2D eigenvalue weighted by Crippen LogP contribution is -2.41. The first kappa shape index (κ1) is 25.7. The van der Waals surface area contributed by atoms with Crippen molar-refractivity contribution in [2.24, 2.45) is 0 Å². The number of halogens is 6. The molecule has 0 aliphatic heterocycles. The summed E-state index contributed by atoms with van der Waals surface area (Å²) in [5.74, 6) is -3.67. The Morgan fingerprint density at radius 3 is 1.16 bits per heavy atom. The highest BCUT2D eigenvalue weighted by molar-refractivity contribution is 5.52. The SMILES string of the molecule is Nc1ccc(OC(Oc2ccc(N)cc2C(F)(F)F)(c2ccccc2)c2ccccc2)c(C(F)(F)F)c1. The Morgan fingerprint density at radius 2 is 0.838 bits per heavy atom. The predicted octanol–water partition coefficient (Wildman–Crippen LogP) is 7.25. The Bertz CT molecular complexity index is 1270. The first-order valence-electron chi connectivity index (χ1n) is 10.8. The maximum atomic E-state index is 14.0. The molecule has 0 saturated carbocycles. The standard InChI is InChI=1S/C27H20F6N2O2/c28-26(29,30)21-15-19(34)11-13-23(21)36-25(17-7-3-1-4-8-17,18-9-5-2-6-10-18)37-24-14-12-20(35)16-22(24)27(31,32)33/h1-16H,34-35H2. The number of hydrogen-bond acceptors (Lipinski definition) is 4. The Kier molecular flexibility index (Phi) is 6.68. The largest absolute Gasteiger partial charge is 0.444 e. The van der Waals surface area contributed by atoms with Gasteiger partial charge in [0.2, 0.25) is 0 Å². The zero-order valence-corrected chi connectivity index (χ0v) is 19.0. The first-order chi connectivity index (χ1) is 17.4. The van der Waals surface area contributed by atoms with Gasteiger partial charge in [-0.2, -0.15) is 26.3 Å². The number of hydrogen-bond donors (Lipinski definition) is 2. The van der Waals surface area contributed by atoms with Gasteiger partial charge in [0.15, 0.2) is 0 Å². The molecule has 0 fully saturated rings. The summed E-state index contributed by atoms with van der Waals surface area (Å²) in [6.45, 7) is 0. The first-order valence-corrected chi connectivity index (χ1v) is 10.8. The van der Waals surface area contributed by atoms with E-state index in [1.165, 1.54) is 36.4 Å². The van der Waals surface area contributed by atoms with E-state index >= 15 is 0 Å². The van der Waals surface area contributed by atoms with Gasteiger partial charge in [-0.1, -0.05) is 60.7 Å². The molecule has 4 nitrogen and oxygen atoms in total. The maximum Gasteiger partial charge on any atom is 0.420 e. The van der Waals surface area contributed by atoms with Crippen molar-refractivity contribution < 1.29 is 35.8 Å². The van der Waals surface area contributed by atoms with Crippen molar-refractivity contribution in [2.75, 3.05) is 11.5 Å². The highest BCUT2D eigenvalue weighted by Crippen LogP contribution is 2.46. The number of rotatable bonds is 6. The smallest absolute Gasteiger partial charge is 0.420 e. The molecular formula is C27H20F6N2O2. The summed E-state index contributed by atoms with van der Waals surface area (Å²) in [5, 5.41) is 0. The van der Waals surface area contributed by atoms with Crippen LogP contribution >= 0.6 is 0 Å². The van der Waals surface area contributed by atoms with Crippen LogP contribution in [0.4, 0.5) is 37.7 Å². The fourth-order valence-electron chi connectivity index (χ4n) is 3.76. The lowest BCUT2D eigenvalue weighted by Gasteiger charge is -2.37. The van der Waals surface area contributed by atoms with Crippen LogP contribution < -0.4 is 20.9 Å². The zero-order valence-electron chi connectivity index (χ0n) is 19.0. The summed E-state index contributed by atoms with van der Waals surface area (Å²) >= 11 is 0. The number of benzene rings is 4. The van der Waals surface area contributed by atoms with Crippen molar-refractivity contribution in [3.05, 3.63) is 119 Å². The van der Waals surface area contributed by atoms with Crippen LogP contribution in [0.3, 0.4) is 0 Å². The topological polar surface area (TPSA) is 70.5 Å². The molecule has 0 radical (unpaired) electrons. The van der Waals surface area contributed by atoms with Crippen LogP contribution in [0.1, 0.15) is 22.3 Å². The van der Waals surface area contributed by atoms with Gasteiger partial charge in [0.25, 0.3) is 0 Å². The third kappa shape index (κ3) is 5.42. The van der Waals surface area contributed by atoms with E-state index in [0.29, 0.717) is 12.1 Å². The van der Waals surface area contributed by atoms with Gasteiger partial charge in [0.1, 0.15) is 11.5 Å². The Morgan fingerprint density at radius 1 is 0.486 bits per heavy atom. The molecule has 10 heteroatoms. The van der Waals surface area contributed by atoms with Crippen molar-refractivity contribution in [2.45, 2.75) is 18.1 Å². The van der Waals surface area contributed by atoms with Gasteiger partial charge in [0, 0.05) is 22.5 Å². The van der Waals surface area contributed by atoms with Gasteiger partial charge >= 0.3 is 18.1 Å². The van der Waals surface area contributed by atoms with Crippen molar-refractivity contribution in [1.82, 2.24) is 0 Å². The van der Waals surface area contributed by atoms with E-state index in [1.807, 2.05) is 0 Å². The van der Waals surface area contributed by atoms with Gasteiger partial charge in [0.05, 0.1) is 11.1 Å². The van der Waals surface area contributed by atoms with Crippen LogP contribution in [0.5, 0.6) is 11.5 Å². The molecule has 0 spiro atoms. The summed E-state index contributed by atoms with van der Waals surface area (Å²) < 4.78 is 95.8. The fourth-order valence-corrected chi connectivity index (χ4v) is 3.76.